The predicted molar refractivity (Wildman–Crippen MR) is 117 cm³/mol. The number of sulfonamides is 1. The van der Waals surface area contributed by atoms with E-state index in [1.54, 1.807) is 37.3 Å². The Labute approximate surface area is 179 Å². The molecule has 3 aromatic carbocycles. The summed E-state index contributed by atoms with van der Waals surface area (Å²) in [5.74, 6) is -2.33. The van der Waals surface area contributed by atoms with Crippen molar-refractivity contribution >= 4 is 27.3 Å². The van der Waals surface area contributed by atoms with Gasteiger partial charge in [-0.15, -0.1) is 6.58 Å². The number of carbonyl (C=O) groups is 1. The van der Waals surface area contributed by atoms with Crippen LogP contribution in [0.2, 0.25) is 0 Å². The Balaban J connectivity index is 1.97. The summed E-state index contributed by atoms with van der Waals surface area (Å²) in [5.41, 5.74) is 0.431. The SMILES string of the molecule is C=CCN(c1ccccc1)S(=O)(=O)c1ccc(F)c(C(=O)Nc2ccc(C)c(F)c2)c1. The third-order valence-electron chi connectivity index (χ3n) is 4.54. The Morgan fingerprint density at radius 2 is 1.74 bits per heavy atom. The monoisotopic (exact) mass is 442 g/mol. The first-order valence-electron chi connectivity index (χ1n) is 9.30. The van der Waals surface area contributed by atoms with Gasteiger partial charge >= 0.3 is 0 Å². The quantitative estimate of drug-likeness (QED) is 0.529. The molecule has 31 heavy (non-hydrogen) atoms. The highest BCUT2D eigenvalue weighted by Crippen LogP contribution is 2.25. The second-order valence-electron chi connectivity index (χ2n) is 6.72. The van der Waals surface area contributed by atoms with Crippen LogP contribution in [0.25, 0.3) is 0 Å². The Bertz CT molecular complexity index is 1230. The summed E-state index contributed by atoms with van der Waals surface area (Å²) in [6, 6.07) is 15.4. The van der Waals surface area contributed by atoms with E-state index in [4.69, 9.17) is 0 Å². The second-order valence-corrected chi connectivity index (χ2v) is 8.58. The van der Waals surface area contributed by atoms with Crippen molar-refractivity contribution in [2.75, 3.05) is 16.2 Å². The van der Waals surface area contributed by atoms with E-state index in [9.17, 15) is 22.0 Å². The van der Waals surface area contributed by atoms with Gasteiger partial charge in [-0.05, 0) is 55.0 Å². The first-order chi connectivity index (χ1) is 14.7. The molecule has 0 aliphatic rings. The van der Waals surface area contributed by atoms with E-state index in [1.165, 1.54) is 18.2 Å². The largest absolute Gasteiger partial charge is 0.322 e. The molecule has 0 saturated heterocycles. The van der Waals surface area contributed by atoms with E-state index < -0.39 is 33.1 Å². The van der Waals surface area contributed by atoms with Crippen LogP contribution in [0.1, 0.15) is 15.9 Å². The zero-order valence-electron chi connectivity index (χ0n) is 16.7. The highest BCUT2D eigenvalue weighted by molar-refractivity contribution is 7.92. The summed E-state index contributed by atoms with van der Waals surface area (Å²) in [6.07, 6.45) is 1.42. The fraction of sp³-hybridized carbons (Fsp3) is 0.0870. The van der Waals surface area contributed by atoms with E-state index in [-0.39, 0.29) is 17.1 Å². The molecule has 0 heterocycles. The molecule has 0 saturated carbocycles. The molecule has 0 atom stereocenters. The molecule has 0 fully saturated rings. The van der Waals surface area contributed by atoms with Crippen molar-refractivity contribution in [3.8, 4) is 0 Å². The fourth-order valence-electron chi connectivity index (χ4n) is 2.89. The zero-order chi connectivity index (χ0) is 22.6. The molecule has 0 unspecified atom stereocenters. The molecule has 0 radical (unpaired) electrons. The summed E-state index contributed by atoms with van der Waals surface area (Å²) < 4.78 is 55.7. The molecule has 3 rings (SSSR count). The molecule has 0 aliphatic heterocycles. The highest BCUT2D eigenvalue weighted by Gasteiger charge is 2.26. The number of benzene rings is 3. The summed E-state index contributed by atoms with van der Waals surface area (Å²) in [5, 5.41) is 2.39. The summed E-state index contributed by atoms with van der Waals surface area (Å²) in [6.45, 7) is 5.14. The molecule has 3 aromatic rings. The van der Waals surface area contributed by atoms with E-state index in [0.717, 1.165) is 28.6 Å². The molecule has 5 nitrogen and oxygen atoms in total. The predicted octanol–water partition coefficient (Wildman–Crippen LogP) is 4.91. The normalized spacial score (nSPS) is 11.1. The average Bonchev–Trinajstić information content (AvgIpc) is 2.75. The summed E-state index contributed by atoms with van der Waals surface area (Å²) >= 11 is 0. The lowest BCUT2D eigenvalue weighted by Gasteiger charge is -2.23. The number of carbonyl (C=O) groups excluding carboxylic acids is 1. The maximum absolute atomic E-state index is 14.4. The van der Waals surface area contributed by atoms with Crippen molar-refractivity contribution in [3.05, 3.63) is 102 Å². The van der Waals surface area contributed by atoms with Gasteiger partial charge in [0.25, 0.3) is 15.9 Å². The fourth-order valence-corrected chi connectivity index (χ4v) is 4.35. The van der Waals surface area contributed by atoms with Crippen LogP contribution in [0, 0.1) is 18.6 Å². The number of hydrogen-bond donors (Lipinski definition) is 1. The number of amides is 1. The molecule has 0 bridgehead atoms. The van der Waals surface area contributed by atoms with E-state index in [0.29, 0.717) is 11.3 Å². The third kappa shape index (κ3) is 4.80. The lowest BCUT2D eigenvalue weighted by atomic mass is 10.1. The van der Waals surface area contributed by atoms with Crippen molar-refractivity contribution in [1.29, 1.82) is 0 Å². The standard InChI is InChI=1S/C23H20F2N2O3S/c1-3-13-27(18-7-5-4-6-8-18)31(29,30)19-11-12-21(24)20(15-19)23(28)26-17-10-9-16(2)22(25)14-17/h3-12,14-15H,1,13H2,2H3,(H,26,28). The van der Waals surface area contributed by atoms with Crippen LogP contribution in [0.5, 0.6) is 0 Å². The number of anilines is 2. The number of hydrogen-bond acceptors (Lipinski definition) is 3. The van der Waals surface area contributed by atoms with Crippen LogP contribution in [-0.4, -0.2) is 20.9 Å². The topological polar surface area (TPSA) is 66.5 Å². The minimum absolute atomic E-state index is 0.0199. The lowest BCUT2D eigenvalue weighted by Crippen LogP contribution is -2.31. The van der Waals surface area contributed by atoms with Crippen molar-refractivity contribution in [1.82, 2.24) is 0 Å². The zero-order valence-corrected chi connectivity index (χ0v) is 17.5. The first kappa shape index (κ1) is 22.2. The van der Waals surface area contributed by atoms with E-state index >= 15 is 0 Å². The van der Waals surface area contributed by atoms with Gasteiger partial charge in [-0.25, -0.2) is 17.2 Å². The molecule has 1 amide bonds. The van der Waals surface area contributed by atoms with Gasteiger partial charge in [-0.3, -0.25) is 9.10 Å². The molecule has 0 spiro atoms. The minimum atomic E-state index is -4.12. The average molecular weight is 442 g/mol. The number of rotatable bonds is 7. The van der Waals surface area contributed by atoms with Gasteiger partial charge < -0.3 is 5.32 Å². The van der Waals surface area contributed by atoms with Gasteiger partial charge in [0.05, 0.1) is 22.7 Å². The number of halogens is 2. The van der Waals surface area contributed by atoms with Gasteiger partial charge in [-0.2, -0.15) is 0 Å². The maximum atomic E-state index is 14.4. The summed E-state index contributed by atoms with van der Waals surface area (Å²) in [7, 11) is -4.12. The van der Waals surface area contributed by atoms with Crippen molar-refractivity contribution in [2.45, 2.75) is 11.8 Å². The number of nitrogens with one attached hydrogen (secondary N) is 1. The van der Waals surface area contributed by atoms with Crippen LogP contribution in [0.3, 0.4) is 0 Å². The van der Waals surface area contributed by atoms with Crippen LogP contribution < -0.4 is 9.62 Å². The molecular weight excluding hydrogens is 422 g/mol. The third-order valence-corrected chi connectivity index (χ3v) is 6.33. The summed E-state index contributed by atoms with van der Waals surface area (Å²) in [4.78, 5) is 12.3. The van der Waals surface area contributed by atoms with Crippen LogP contribution in [-0.2, 0) is 10.0 Å². The maximum Gasteiger partial charge on any atom is 0.264 e. The number of aryl methyl sites for hydroxylation is 1. The second kappa shape index (κ2) is 9.09. The van der Waals surface area contributed by atoms with Gasteiger partial charge in [0, 0.05) is 5.69 Å². The van der Waals surface area contributed by atoms with Gasteiger partial charge in [0.15, 0.2) is 0 Å². The highest BCUT2D eigenvalue weighted by atomic mass is 32.2. The molecule has 0 aliphatic carbocycles. The van der Waals surface area contributed by atoms with Gasteiger partial charge in [0.1, 0.15) is 11.6 Å². The molecular formula is C23H20F2N2O3S. The van der Waals surface area contributed by atoms with Gasteiger partial charge in [0.2, 0.25) is 0 Å². The van der Waals surface area contributed by atoms with E-state index in [2.05, 4.69) is 11.9 Å². The van der Waals surface area contributed by atoms with Crippen LogP contribution in [0.15, 0.2) is 84.3 Å². The molecule has 0 aromatic heterocycles. The molecule has 1 N–H and O–H groups in total. The van der Waals surface area contributed by atoms with Crippen LogP contribution in [0.4, 0.5) is 20.2 Å². The smallest absolute Gasteiger partial charge is 0.264 e. The Morgan fingerprint density at radius 3 is 2.39 bits per heavy atom. The first-order valence-corrected chi connectivity index (χ1v) is 10.7. The Kier molecular flexibility index (Phi) is 6.50. The minimum Gasteiger partial charge on any atom is -0.322 e. The van der Waals surface area contributed by atoms with Crippen LogP contribution >= 0.6 is 0 Å². The number of nitrogens with zero attached hydrogens (tertiary/aromatic N) is 1. The molecule has 8 heteroatoms. The lowest BCUT2D eigenvalue weighted by molar-refractivity contribution is 0.102. The Morgan fingerprint density at radius 1 is 1.03 bits per heavy atom. The Hall–Kier alpha value is -3.52. The molecule has 160 valence electrons. The van der Waals surface area contributed by atoms with Gasteiger partial charge in [-0.1, -0.05) is 30.3 Å². The van der Waals surface area contributed by atoms with Crippen molar-refractivity contribution in [2.24, 2.45) is 0 Å². The number of para-hydroxylation sites is 1. The van der Waals surface area contributed by atoms with Crippen molar-refractivity contribution in [3.63, 3.8) is 0 Å². The van der Waals surface area contributed by atoms with Crippen molar-refractivity contribution < 1.29 is 22.0 Å². The van der Waals surface area contributed by atoms with E-state index in [1.807, 2.05) is 0 Å².